The summed E-state index contributed by atoms with van der Waals surface area (Å²) in [7, 11) is 0. The molecule has 12 heteroatoms. The molecule has 1 aliphatic carbocycles. The Morgan fingerprint density at radius 2 is 1.00 bits per heavy atom. The summed E-state index contributed by atoms with van der Waals surface area (Å²) >= 11 is 0. The van der Waals surface area contributed by atoms with Gasteiger partial charge in [0.2, 0.25) is 0 Å². The molecular weight excluding hydrogens is 444 g/mol. The van der Waals surface area contributed by atoms with Gasteiger partial charge in [-0.1, -0.05) is 0 Å². The molecule has 0 bridgehead atoms. The molecule has 1 fully saturated rings. The summed E-state index contributed by atoms with van der Waals surface area (Å²) < 4.78 is 0. The molecule has 1 aliphatic rings. The van der Waals surface area contributed by atoms with E-state index in [2.05, 4.69) is 4.89 Å². The van der Waals surface area contributed by atoms with Crippen LogP contribution in [0.5, 0.6) is 0 Å². The van der Waals surface area contributed by atoms with Crippen molar-refractivity contribution >= 4 is 29.8 Å². The Morgan fingerprint density at radius 3 is 1.21 bits per heavy atom. The van der Waals surface area contributed by atoms with E-state index < -0.39 is 46.1 Å². The topological polar surface area (TPSA) is 216 Å². The smallest absolute Gasteiger partial charge is 0.335 e. The summed E-state index contributed by atoms with van der Waals surface area (Å²) in [5.74, 6) is -5.93. The molecule has 0 saturated heterocycles. The lowest BCUT2D eigenvalue weighted by Crippen LogP contribution is -2.51. The van der Waals surface area contributed by atoms with Gasteiger partial charge in [-0.15, -0.1) is 0 Å². The maximum atomic E-state index is 11.3. The number of aliphatic carboxylic acids is 3. The number of carbonyl (C=O) groups is 5. The molecular formula is C21H26O12. The van der Waals surface area contributed by atoms with Crippen LogP contribution in [0.1, 0.15) is 66.3 Å². The first kappa shape index (κ1) is 27.5. The van der Waals surface area contributed by atoms with Crippen LogP contribution in [-0.4, -0.2) is 60.6 Å². The van der Waals surface area contributed by atoms with Crippen molar-refractivity contribution in [2.75, 3.05) is 0 Å². The monoisotopic (exact) mass is 470 g/mol. The molecule has 0 amide bonds. The third-order valence-electron chi connectivity index (χ3n) is 5.61. The molecule has 0 aliphatic heterocycles. The maximum Gasteiger partial charge on any atom is 0.335 e. The summed E-state index contributed by atoms with van der Waals surface area (Å²) in [5.41, 5.74) is -4.06. The zero-order chi connectivity index (χ0) is 25.8. The van der Waals surface area contributed by atoms with Crippen molar-refractivity contribution in [2.45, 2.75) is 46.6 Å². The van der Waals surface area contributed by atoms with E-state index in [0.29, 0.717) is 0 Å². The summed E-state index contributed by atoms with van der Waals surface area (Å²) in [6.45, 7) is 3.98. The third-order valence-corrected chi connectivity index (χ3v) is 5.61. The zero-order valence-corrected chi connectivity index (χ0v) is 18.2. The SMILES string of the molecule is CC1(C(=O)O)CC(C)(C(=O)O)CC(C)(C(=O)O)C1.O=C(O)c1cc(COO)cc(C(=O)O)c1. The van der Waals surface area contributed by atoms with Crippen LogP contribution in [0.3, 0.4) is 0 Å². The van der Waals surface area contributed by atoms with E-state index in [1.54, 1.807) is 0 Å². The number of hydrogen-bond acceptors (Lipinski definition) is 7. The molecule has 1 aromatic rings. The molecule has 2 rings (SSSR count). The number of hydrogen-bond donors (Lipinski definition) is 6. The second kappa shape index (κ2) is 9.96. The molecule has 12 nitrogen and oxygen atoms in total. The lowest BCUT2D eigenvalue weighted by Gasteiger charge is -2.47. The van der Waals surface area contributed by atoms with Crippen LogP contribution >= 0.6 is 0 Å². The van der Waals surface area contributed by atoms with Gasteiger partial charge in [0.25, 0.3) is 0 Å². The van der Waals surface area contributed by atoms with Crippen LogP contribution in [0.15, 0.2) is 18.2 Å². The molecule has 33 heavy (non-hydrogen) atoms. The van der Waals surface area contributed by atoms with Crippen molar-refractivity contribution in [3.63, 3.8) is 0 Å². The van der Waals surface area contributed by atoms with E-state index in [9.17, 15) is 39.3 Å². The lowest BCUT2D eigenvalue weighted by atomic mass is 9.54. The third kappa shape index (κ3) is 6.49. The second-order valence-corrected chi connectivity index (χ2v) is 8.93. The Hall–Kier alpha value is -3.51. The van der Waals surface area contributed by atoms with Crippen molar-refractivity contribution in [3.05, 3.63) is 34.9 Å². The van der Waals surface area contributed by atoms with Crippen LogP contribution in [0, 0.1) is 16.2 Å². The van der Waals surface area contributed by atoms with Gasteiger partial charge in [-0.25, -0.2) is 14.5 Å². The summed E-state index contributed by atoms with van der Waals surface area (Å²) in [6.07, 6.45) is -0.186. The first-order chi connectivity index (χ1) is 15.0. The van der Waals surface area contributed by atoms with Crippen LogP contribution in [0.4, 0.5) is 0 Å². The van der Waals surface area contributed by atoms with Crippen LogP contribution in [0.2, 0.25) is 0 Å². The molecule has 0 unspecified atom stereocenters. The minimum Gasteiger partial charge on any atom is -0.481 e. The first-order valence-corrected chi connectivity index (χ1v) is 9.57. The Labute approximate surface area is 188 Å². The average Bonchev–Trinajstić information content (AvgIpc) is 2.67. The van der Waals surface area contributed by atoms with Crippen molar-refractivity contribution in [2.24, 2.45) is 16.2 Å². The van der Waals surface area contributed by atoms with Crippen molar-refractivity contribution in [3.8, 4) is 0 Å². The van der Waals surface area contributed by atoms with Gasteiger partial charge in [0.1, 0.15) is 6.61 Å². The highest BCUT2D eigenvalue weighted by Crippen LogP contribution is 2.54. The quantitative estimate of drug-likeness (QED) is 0.250. The van der Waals surface area contributed by atoms with Crippen molar-refractivity contribution in [1.82, 2.24) is 0 Å². The number of carboxylic acids is 5. The Morgan fingerprint density at radius 1 is 0.697 bits per heavy atom. The number of aromatic carboxylic acids is 2. The van der Waals surface area contributed by atoms with Crippen LogP contribution in [0.25, 0.3) is 0 Å². The Kier molecular flexibility index (Phi) is 8.31. The highest BCUT2D eigenvalue weighted by molar-refractivity contribution is 5.94. The van der Waals surface area contributed by atoms with Crippen LogP contribution in [-0.2, 0) is 25.9 Å². The predicted molar refractivity (Wildman–Crippen MR) is 109 cm³/mol. The molecule has 1 saturated carbocycles. The van der Waals surface area contributed by atoms with Crippen molar-refractivity contribution < 1.29 is 59.7 Å². The van der Waals surface area contributed by atoms with Gasteiger partial charge < -0.3 is 25.5 Å². The fourth-order valence-corrected chi connectivity index (χ4v) is 4.32. The van der Waals surface area contributed by atoms with Gasteiger partial charge in [-0.2, -0.15) is 0 Å². The Bertz CT molecular complexity index is 864. The average molecular weight is 470 g/mol. The fraction of sp³-hybridized carbons (Fsp3) is 0.476. The summed E-state index contributed by atoms with van der Waals surface area (Å²) in [4.78, 5) is 59.0. The minimum atomic E-state index is -1.33. The minimum absolute atomic E-state index is 0.0620. The number of benzene rings is 1. The normalized spacial score (nSPS) is 26.4. The zero-order valence-electron chi connectivity index (χ0n) is 18.2. The van der Waals surface area contributed by atoms with Crippen molar-refractivity contribution in [1.29, 1.82) is 0 Å². The first-order valence-electron chi connectivity index (χ1n) is 9.57. The largest absolute Gasteiger partial charge is 0.481 e. The molecule has 0 radical (unpaired) electrons. The molecule has 0 spiro atoms. The molecule has 0 aromatic heterocycles. The lowest BCUT2D eigenvalue weighted by molar-refractivity contribution is -0.253. The van der Waals surface area contributed by atoms with E-state index in [1.165, 1.54) is 32.9 Å². The van der Waals surface area contributed by atoms with Gasteiger partial charge in [0.15, 0.2) is 0 Å². The van der Waals surface area contributed by atoms with E-state index in [1.807, 2.05) is 0 Å². The fourth-order valence-electron chi connectivity index (χ4n) is 4.32. The number of rotatable bonds is 7. The number of carboxylic acid groups (broad SMARTS) is 5. The highest BCUT2D eigenvalue weighted by Gasteiger charge is 2.58. The van der Waals surface area contributed by atoms with Gasteiger partial charge in [0.05, 0.1) is 27.4 Å². The van der Waals surface area contributed by atoms with Gasteiger partial charge in [-0.05, 0) is 63.8 Å². The van der Waals surface area contributed by atoms with Gasteiger partial charge in [-0.3, -0.25) is 19.6 Å². The molecule has 6 N–H and O–H groups in total. The van der Waals surface area contributed by atoms with Gasteiger partial charge >= 0.3 is 29.8 Å². The van der Waals surface area contributed by atoms with Gasteiger partial charge in [0, 0.05) is 0 Å². The molecule has 1 aromatic carbocycles. The Balaban J connectivity index is 0.000000335. The van der Waals surface area contributed by atoms with E-state index in [0.717, 1.165) is 6.07 Å². The second-order valence-electron chi connectivity index (χ2n) is 8.93. The predicted octanol–water partition coefficient (Wildman–Crippen LogP) is 2.52. The standard InChI is InChI=1S/C12H18O6.C9H8O6/c1-10(7(13)14)4-11(2,8(15)16)6-12(3,5-10)9(17)18;10-8(11)6-1-5(4-15-14)2-7(3-6)9(12)13/h4-6H2,1-3H3,(H,13,14)(H,15,16)(H,17,18);1-3,14H,4H2,(H,10,11)(H,12,13). The highest BCUT2D eigenvalue weighted by atomic mass is 17.1. The van der Waals surface area contributed by atoms with E-state index in [-0.39, 0.29) is 42.6 Å². The van der Waals surface area contributed by atoms with E-state index >= 15 is 0 Å². The van der Waals surface area contributed by atoms with E-state index in [4.69, 9.17) is 15.5 Å². The summed E-state index contributed by atoms with van der Waals surface area (Å²) in [5, 5.41) is 53.3. The molecule has 0 heterocycles. The van der Waals surface area contributed by atoms with Crippen LogP contribution < -0.4 is 0 Å². The summed E-state index contributed by atoms with van der Waals surface area (Å²) in [6, 6.07) is 3.49. The molecule has 182 valence electrons. The maximum absolute atomic E-state index is 11.3. The molecule has 0 atom stereocenters.